The molecule has 0 unspecified atom stereocenters. The first-order valence-electron chi connectivity index (χ1n) is 17.8. The number of para-hydroxylation sites is 1. The Kier molecular flexibility index (Phi) is 12.5. The van der Waals surface area contributed by atoms with Crippen molar-refractivity contribution in [3.63, 3.8) is 0 Å². The number of rotatable bonds is 14. The van der Waals surface area contributed by atoms with E-state index in [4.69, 9.17) is 9.47 Å². The van der Waals surface area contributed by atoms with Gasteiger partial charge in [0.25, 0.3) is 5.78 Å². The second-order valence-corrected chi connectivity index (χ2v) is 14.4. The van der Waals surface area contributed by atoms with Crippen molar-refractivity contribution in [1.82, 2.24) is 20.5 Å². The second-order valence-electron chi connectivity index (χ2n) is 13.2. The van der Waals surface area contributed by atoms with Gasteiger partial charge in [-0.25, -0.2) is 9.59 Å². The van der Waals surface area contributed by atoms with Crippen LogP contribution >= 0.6 is 11.8 Å². The third-order valence-electron chi connectivity index (χ3n) is 9.01. The highest BCUT2D eigenvalue weighted by Crippen LogP contribution is 2.41. The maximum Gasteiger partial charge on any atom is 0.408 e. The molecule has 1 aliphatic rings. The molecule has 1 aromatic heterocycles. The summed E-state index contributed by atoms with van der Waals surface area (Å²) in [5.41, 5.74) is 3.94. The number of nitrogens with one attached hydrogen (secondary N) is 3. The maximum absolute atomic E-state index is 15.0. The number of alkyl carbamates (subject to hydrolysis) is 1. The molecule has 1 fully saturated rings. The van der Waals surface area contributed by atoms with E-state index in [-0.39, 0.29) is 25.2 Å². The van der Waals surface area contributed by atoms with Crippen molar-refractivity contribution in [2.45, 2.75) is 57.0 Å². The molecular formula is C42H42N4O7S. The smallest absolute Gasteiger partial charge is 0.408 e. The lowest BCUT2D eigenvalue weighted by molar-refractivity contribution is -0.160. The Morgan fingerprint density at radius 2 is 1.44 bits per heavy atom. The summed E-state index contributed by atoms with van der Waals surface area (Å²) in [6, 6.07) is 34.1. The summed E-state index contributed by atoms with van der Waals surface area (Å²) in [5, 5.41) is 6.09. The minimum atomic E-state index is -1.41. The van der Waals surface area contributed by atoms with E-state index in [1.807, 2.05) is 97.2 Å². The van der Waals surface area contributed by atoms with Gasteiger partial charge in [0.1, 0.15) is 30.1 Å². The summed E-state index contributed by atoms with van der Waals surface area (Å²) in [7, 11) is 0. The molecule has 5 aromatic rings. The summed E-state index contributed by atoms with van der Waals surface area (Å²) in [5.74, 6) is -4.40. The molecule has 4 aromatic carbocycles. The van der Waals surface area contributed by atoms with Crippen molar-refractivity contribution in [3.05, 3.63) is 144 Å². The molecule has 4 atom stereocenters. The van der Waals surface area contributed by atoms with E-state index < -0.39 is 59.3 Å². The number of ether oxygens (including phenoxy) is 2. The van der Waals surface area contributed by atoms with Gasteiger partial charge in [0.2, 0.25) is 11.8 Å². The Bertz CT molecular complexity index is 2070. The highest BCUT2D eigenvalue weighted by molar-refractivity contribution is 7.99. The number of ketones is 1. The summed E-state index contributed by atoms with van der Waals surface area (Å²) in [4.78, 5) is 73.6. The molecule has 3 N–H and O–H groups in total. The van der Waals surface area contributed by atoms with Crippen LogP contribution in [0, 0.1) is 5.92 Å². The van der Waals surface area contributed by atoms with Crippen molar-refractivity contribution < 1.29 is 33.4 Å². The quantitative estimate of drug-likeness (QED) is 0.0702. The predicted molar refractivity (Wildman–Crippen MR) is 206 cm³/mol. The molecule has 0 bridgehead atoms. The molecule has 54 heavy (non-hydrogen) atoms. The monoisotopic (exact) mass is 746 g/mol. The average molecular weight is 747 g/mol. The van der Waals surface area contributed by atoms with E-state index in [0.29, 0.717) is 5.56 Å². The van der Waals surface area contributed by atoms with Gasteiger partial charge in [-0.3, -0.25) is 14.4 Å². The lowest BCUT2D eigenvalue weighted by Gasteiger charge is -2.34. The van der Waals surface area contributed by atoms with Crippen LogP contribution in [-0.4, -0.2) is 63.6 Å². The molecule has 0 spiro atoms. The molecular weight excluding hydrogens is 705 g/mol. The first kappa shape index (κ1) is 37.9. The zero-order chi connectivity index (χ0) is 38.0. The van der Waals surface area contributed by atoms with E-state index >= 15 is 0 Å². The minimum Gasteiger partial charge on any atom is -0.457 e. The van der Waals surface area contributed by atoms with Gasteiger partial charge in [0.05, 0.1) is 6.10 Å². The molecule has 1 saturated heterocycles. The molecule has 11 nitrogen and oxygen atoms in total. The van der Waals surface area contributed by atoms with Crippen LogP contribution in [0.2, 0.25) is 0 Å². The van der Waals surface area contributed by atoms with Crippen LogP contribution in [0.15, 0.2) is 121 Å². The van der Waals surface area contributed by atoms with Gasteiger partial charge in [-0.05, 0) is 48.6 Å². The first-order chi connectivity index (χ1) is 26.2. The van der Waals surface area contributed by atoms with Gasteiger partial charge in [0.15, 0.2) is 0 Å². The minimum absolute atomic E-state index is 0.00162. The van der Waals surface area contributed by atoms with Crippen LogP contribution in [0.25, 0.3) is 10.9 Å². The summed E-state index contributed by atoms with van der Waals surface area (Å²) < 4.78 is 10.8. The molecule has 2 heterocycles. The van der Waals surface area contributed by atoms with E-state index in [0.717, 1.165) is 27.6 Å². The fourth-order valence-corrected chi connectivity index (χ4v) is 7.77. The van der Waals surface area contributed by atoms with Crippen molar-refractivity contribution in [2.24, 2.45) is 5.92 Å². The van der Waals surface area contributed by atoms with E-state index in [1.165, 1.54) is 11.8 Å². The number of esters is 1. The number of aromatic amines is 1. The Morgan fingerprint density at radius 3 is 2.13 bits per heavy atom. The number of aromatic nitrogens is 1. The number of thioether (sulfide) groups is 1. The molecule has 278 valence electrons. The highest BCUT2D eigenvalue weighted by atomic mass is 32.2. The largest absolute Gasteiger partial charge is 0.457 e. The topological polar surface area (TPSA) is 147 Å². The van der Waals surface area contributed by atoms with Crippen LogP contribution in [0.1, 0.15) is 41.5 Å². The number of carbonyl (C=O) groups is 5. The third kappa shape index (κ3) is 9.37. The standard InChI is InChI=1S/C42H42N4O7S/c1-27(2)53-41(50)37(47)33(22-28-14-6-3-7-15-28)38(48)45-36-26-54-40(30-18-10-5-11-19-30)46(36)39(49)35(23-31-24-43-34-21-13-12-20-32(31)34)44-42(51)52-25-29-16-8-4-9-17-29/h3-21,24,27,33,35-36,40,43H,22-23,25-26H2,1-2H3,(H,44,51)(H,45,48)/t33-,35-,36+,40+/m0/s1. The maximum atomic E-state index is 15.0. The molecule has 12 heteroatoms. The van der Waals surface area contributed by atoms with Crippen molar-refractivity contribution in [2.75, 3.05) is 5.75 Å². The molecule has 6 rings (SSSR count). The third-order valence-corrected chi connectivity index (χ3v) is 10.3. The van der Waals surface area contributed by atoms with Crippen LogP contribution < -0.4 is 10.6 Å². The van der Waals surface area contributed by atoms with Gasteiger partial charge >= 0.3 is 12.1 Å². The Labute approximate surface area is 317 Å². The zero-order valence-electron chi connectivity index (χ0n) is 30.0. The number of nitrogens with zero attached hydrogens (tertiary/aromatic N) is 1. The van der Waals surface area contributed by atoms with Crippen molar-refractivity contribution >= 4 is 52.3 Å². The summed E-state index contributed by atoms with van der Waals surface area (Å²) in [6.45, 7) is 3.25. The summed E-state index contributed by atoms with van der Waals surface area (Å²) >= 11 is 1.44. The lowest BCUT2D eigenvalue weighted by atomic mass is 9.94. The van der Waals surface area contributed by atoms with Crippen LogP contribution in [-0.2, 0) is 48.1 Å². The second kappa shape index (κ2) is 17.8. The molecule has 3 amide bonds. The van der Waals surface area contributed by atoms with E-state index in [2.05, 4.69) is 15.6 Å². The first-order valence-corrected chi connectivity index (χ1v) is 18.8. The molecule has 0 saturated carbocycles. The van der Waals surface area contributed by atoms with E-state index in [1.54, 1.807) is 43.0 Å². The molecule has 0 aliphatic carbocycles. The van der Waals surface area contributed by atoms with Crippen LogP contribution in [0.4, 0.5) is 4.79 Å². The number of hydrogen-bond donors (Lipinski definition) is 3. The van der Waals surface area contributed by atoms with Crippen molar-refractivity contribution in [1.29, 1.82) is 0 Å². The highest BCUT2D eigenvalue weighted by Gasteiger charge is 2.44. The number of H-pyrrole nitrogens is 1. The Morgan fingerprint density at radius 1 is 0.815 bits per heavy atom. The van der Waals surface area contributed by atoms with Crippen LogP contribution in [0.5, 0.6) is 0 Å². The van der Waals surface area contributed by atoms with Crippen molar-refractivity contribution in [3.8, 4) is 0 Å². The SMILES string of the molecule is CC(C)OC(=O)C(=O)[C@H](Cc1ccccc1)C(=O)N[C@H]1CS[C@H](c2ccccc2)N1C(=O)[C@H](Cc1c[nH]c2ccccc12)NC(=O)OCc1ccccc1. The number of benzene rings is 4. The zero-order valence-corrected chi connectivity index (χ0v) is 30.8. The normalized spacial score (nSPS) is 16.4. The fourth-order valence-electron chi connectivity index (χ4n) is 6.40. The van der Waals surface area contributed by atoms with Gasteiger partial charge in [-0.2, -0.15) is 0 Å². The van der Waals surface area contributed by atoms with Gasteiger partial charge < -0.3 is 30.0 Å². The number of carbonyl (C=O) groups excluding carboxylic acids is 5. The number of fused-ring (bicyclic) bond motifs is 1. The predicted octanol–water partition coefficient (Wildman–Crippen LogP) is 6.10. The molecule has 1 aliphatic heterocycles. The summed E-state index contributed by atoms with van der Waals surface area (Å²) in [6.07, 6.45) is -0.369. The fraction of sp³-hybridized carbons (Fsp3) is 0.262. The lowest BCUT2D eigenvalue weighted by Crippen LogP contribution is -2.57. The van der Waals surface area contributed by atoms with Gasteiger partial charge in [0, 0.05) is 29.3 Å². The van der Waals surface area contributed by atoms with Gasteiger partial charge in [-0.15, -0.1) is 11.8 Å². The van der Waals surface area contributed by atoms with E-state index in [9.17, 15) is 24.0 Å². The van der Waals surface area contributed by atoms with Gasteiger partial charge in [-0.1, -0.05) is 109 Å². The Balaban J connectivity index is 1.31. The Hall–Kier alpha value is -5.88. The average Bonchev–Trinajstić information content (AvgIpc) is 3.80. The number of Topliss-reactive ketones (excluding diaryl/α,β-unsaturated/α-hetero) is 1. The van der Waals surface area contributed by atoms with Crippen LogP contribution in [0.3, 0.4) is 0 Å². The number of hydrogen-bond acceptors (Lipinski definition) is 8. The molecule has 0 radical (unpaired) electrons. The number of amides is 3.